The van der Waals surface area contributed by atoms with E-state index in [0.29, 0.717) is 16.9 Å². The first-order valence-corrected chi connectivity index (χ1v) is 7.96. The highest BCUT2D eigenvalue weighted by atomic mass is 35.5. The van der Waals surface area contributed by atoms with Crippen molar-refractivity contribution in [2.24, 2.45) is 0 Å². The van der Waals surface area contributed by atoms with Gasteiger partial charge in [0.1, 0.15) is 9.09 Å². The molecule has 0 aliphatic rings. The first kappa shape index (κ1) is 14.8. The summed E-state index contributed by atoms with van der Waals surface area (Å²) in [4.78, 5) is 14.7. The molecule has 2 rings (SSSR count). The summed E-state index contributed by atoms with van der Waals surface area (Å²) in [5.41, 5.74) is 0.384. The number of halogens is 1. The van der Waals surface area contributed by atoms with E-state index in [4.69, 9.17) is 16.7 Å². The highest BCUT2D eigenvalue weighted by molar-refractivity contribution is 7.94. The van der Waals surface area contributed by atoms with Crippen molar-refractivity contribution in [2.75, 3.05) is 4.72 Å². The zero-order valence-electron chi connectivity index (χ0n) is 10.1. The molecule has 0 saturated heterocycles. The molecule has 0 unspecified atom stereocenters. The number of carboxylic acid groups (broad SMARTS) is 1. The number of nitrogens with zero attached hydrogens (tertiary/aromatic N) is 1. The molecule has 2 N–H and O–H groups in total. The molecule has 0 atom stereocenters. The van der Waals surface area contributed by atoms with Crippen molar-refractivity contribution in [2.45, 2.75) is 11.1 Å². The fraction of sp³-hybridized carbons (Fsp3) is 0.0909. The molecule has 0 amide bonds. The van der Waals surface area contributed by atoms with E-state index in [2.05, 4.69) is 9.71 Å². The number of carbonyl (C=O) groups is 1. The van der Waals surface area contributed by atoms with E-state index in [1.807, 2.05) is 0 Å². The van der Waals surface area contributed by atoms with Crippen LogP contribution in [0.3, 0.4) is 0 Å². The smallest absolute Gasteiger partial charge is 0.346 e. The van der Waals surface area contributed by atoms with Gasteiger partial charge in [-0.1, -0.05) is 11.6 Å². The summed E-state index contributed by atoms with van der Waals surface area (Å²) in [6, 6.07) is 4.36. The Hall–Kier alpha value is -1.64. The van der Waals surface area contributed by atoms with Gasteiger partial charge in [0.15, 0.2) is 5.82 Å². The summed E-state index contributed by atoms with van der Waals surface area (Å²) < 4.78 is 26.4. The first-order chi connectivity index (χ1) is 9.31. The van der Waals surface area contributed by atoms with Crippen molar-refractivity contribution in [1.29, 1.82) is 0 Å². The molecule has 2 heterocycles. The SMILES string of the molecule is Cc1cc(S(=O)(=O)Nc2ncccc2Cl)sc1C(=O)O. The van der Waals surface area contributed by atoms with Gasteiger partial charge < -0.3 is 5.11 Å². The van der Waals surface area contributed by atoms with E-state index in [0.717, 1.165) is 0 Å². The van der Waals surface area contributed by atoms with E-state index in [1.165, 1.54) is 25.3 Å². The van der Waals surface area contributed by atoms with E-state index < -0.39 is 16.0 Å². The van der Waals surface area contributed by atoms with Gasteiger partial charge >= 0.3 is 5.97 Å². The number of aromatic nitrogens is 1. The monoisotopic (exact) mass is 332 g/mol. The molecule has 0 aliphatic heterocycles. The Morgan fingerprint density at radius 1 is 1.50 bits per heavy atom. The zero-order chi connectivity index (χ0) is 14.9. The van der Waals surface area contributed by atoms with Gasteiger partial charge in [0.2, 0.25) is 0 Å². The molecular formula is C11H9ClN2O4S2. The summed E-state index contributed by atoms with van der Waals surface area (Å²) in [6.07, 6.45) is 1.39. The molecule has 0 saturated carbocycles. The lowest BCUT2D eigenvalue weighted by Crippen LogP contribution is -2.12. The quantitative estimate of drug-likeness (QED) is 0.897. The van der Waals surface area contributed by atoms with Crippen molar-refractivity contribution in [3.05, 3.63) is 39.9 Å². The van der Waals surface area contributed by atoms with Crippen molar-refractivity contribution in [3.63, 3.8) is 0 Å². The third-order valence-corrected chi connectivity index (χ3v) is 5.69. The van der Waals surface area contributed by atoms with Crippen molar-refractivity contribution >= 4 is 44.7 Å². The van der Waals surface area contributed by atoms with Crippen LogP contribution in [-0.2, 0) is 10.0 Å². The van der Waals surface area contributed by atoms with Crippen LogP contribution in [0.2, 0.25) is 5.02 Å². The van der Waals surface area contributed by atoms with Crippen LogP contribution in [0.1, 0.15) is 15.2 Å². The molecule has 9 heteroatoms. The Bertz CT molecular complexity index is 770. The van der Waals surface area contributed by atoms with E-state index in [-0.39, 0.29) is 19.9 Å². The minimum atomic E-state index is -3.91. The Morgan fingerprint density at radius 3 is 2.75 bits per heavy atom. The molecule has 0 aliphatic carbocycles. The molecule has 0 aromatic carbocycles. The number of hydrogen-bond acceptors (Lipinski definition) is 5. The maximum Gasteiger partial charge on any atom is 0.346 e. The van der Waals surface area contributed by atoms with Crippen LogP contribution in [0.4, 0.5) is 5.82 Å². The lowest BCUT2D eigenvalue weighted by molar-refractivity contribution is 0.0701. The van der Waals surface area contributed by atoms with E-state index >= 15 is 0 Å². The zero-order valence-corrected chi connectivity index (χ0v) is 12.5. The van der Waals surface area contributed by atoms with Gasteiger partial charge in [-0.2, -0.15) is 0 Å². The molecule has 20 heavy (non-hydrogen) atoms. The van der Waals surface area contributed by atoms with E-state index in [9.17, 15) is 13.2 Å². The van der Waals surface area contributed by atoms with Crippen LogP contribution in [0, 0.1) is 6.92 Å². The summed E-state index contributed by atoms with van der Waals surface area (Å²) >= 11 is 6.50. The lowest BCUT2D eigenvalue weighted by Gasteiger charge is -2.06. The second kappa shape index (κ2) is 5.39. The molecule has 0 bridgehead atoms. The molecule has 2 aromatic rings. The predicted octanol–water partition coefficient (Wildman–Crippen LogP) is 2.60. The van der Waals surface area contributed by atoms with Gasteiger partial charge in [0.05, 0.1) is 5.02 Å². The van der Waals surface area contributed by atoms with Crippen LogP contribution in [0.25, 0.3) is 0 Å². The fourth-order valence-corrected chi connectivity index (χ4v) is 4.07. The minimum Gasteiger partial charge on any atom is -0.477 e. The molecule has 6 nitrogen and oxygen atoms in total. The number of rotatable bonds is 4. The van der Waals surface area contributed by atoms with Crippen LogP contribution >= 0.6 is 22.9 Å². The minimum absolute atomic E-state index is 0.00269. The van der Waals surface area contributed by atoms with Crippen molar-refractivity contribution < 1.29 is 18.3 Å². The number of carboxylic acids is 1. The van der Waals surface area contributed by atoms with Gasteiger partial charge in [-0.25, -0.2) is 18.2 Å². The molecule has 2 aromatic heterocycles. The fourth-order valence-electron chi connectivity index (χ4n) is 1.44. The highest BCUT2D eigenvalue weighted by Gasteiger charge is 2.22. The Labute approximate surface area is 124 Å². The van der Waals surface area contributed by atoms with Crippen molar-refractivity contribution in [3.8, 4) is 0 Å². The highest BCUT2D eigenvalue weighted by Crippen LogP contribution is 2.28. The third-order valence-electron chi connectivity index (χ3n) is 2.34. The maximum absolute atomic E-state index is 12.1. The largest absolute Gasteiger partial charge is 0.477 e. The van der Waals surface area contributed by atoms with Gasteiger partial charge in [0, 0.05) is 6.20 Å². The molecule has 106 valence electrons. The number of sulfonamides is 1. The number of aryl methyl sites for hydroxylation is 1. The van der Waals surface area contributed by atoms with Crippen LogP contribution in [0.15, 0.2) is 28.6 Å². The van der Waals surface area contributed by atoms with Crippen LogP contribution in [-0.4, -0.2) is 24.5 Å². The number of pyridine rings is 1. The average molecular weight is 333 g/mol. The first-order valence-electron chi connectivity index (χ1n) is 5.28. The Balaban J connectivity index is 2.39. The van der Waals surface area contributed by atoms with Crippen molar-refractivity contribution in [1.82, 2.24) is 4.98 Å². The molecule has 0 radical (unpaired) electrons. The average Bonchev–Trinajstić information content (AvgIpc) is 2.75. The normalized spacial score (nSPS) is 11.3. The third kappa shape index (κ3) is 2.92. The van der Waals surface area contributed by atoms with Crippen LogP contribution in [0.5, 0.6) is 0 Å². The Kier molecular flexibility index (Phi) is 3.98. The number of nitrogens with one attached hydrogen (secondary N) is 1. The van der Waals surface area contributed by atoms with Gasteiger partial charge in [-0.15, -0.1) is 11.3 Å². The van der Waals surface area contributed by atoms with Gasteiger partial charge in [0.25, 0.3) is 10.0 Å². The molecule has 0 fully saturated rings. The topological polar surface area (TPSA) is 96.4 Å². The number of thiophene rings is 1. The van der Waals surface area contributed by atoms with E-state index in [1.54, 1.807) is 6.07 Å². The number of aromatic carboxylic acids is 1. The van der Waals surface area contributed by atoms with Crippen LogP contribution < -0.4 is 4.72 Å². The summed E-state index contributed by atoms with van der Waals surface area (Å²) in [7, 11) is -3.91. The molecule has 0 spiro atoms. The predicted molar refractivity (Wildman–Crippen MR) is 76.1 cm³/mol. The Morgan fingerprint density at radius 2 is 2.20 bits per heavy atom. The summed E-state index contributed by atoms with van der Waals surface area (Å²) in [5.74, 6) is -1.16. The second-order valence-corrected chi connectivity index (χ2v) is 7.19. The summed E-state index contributed by atoms with van der Waals surface area (Å²) in [6.45, 7) is 1.53. The van der Waals surface area contributed by atoms with Gasteiger partial charge in [-0.05, 0) is 30.7 Å². The van der Waals surface area contributed by atoms with Gasteiger partial charge in [-0.3, -0.25) is 4.72 Å². The molecular weight excluding hydrogens is 324 g/mol. The maximum atomic E-state index is 12.1. The summed E-state index contributed by atoms with van der Waals surface area (Å²) in [5, 5.41) is 9.10. The lowest BCUT2D eigenvalue weighted by atomic mass is 10.3. The number of hydrogen-bond donors (Lipinski definition) is 2. The standard InChI is InChI=1S/C11H9ClN2O4S2/c1-6-5-8(19-9(6)11(15)16)20(17,18)14-10-7(12)3-2-4-13-10/h2-5H,1H3,(H,13,14)(H,15,16). The number of anilines is 1. The second-order valence-electron chi connectivity index (χ2n) is 3.82.